The fourth-order valence-corrected chi connectivity index (χ4v) is 0.605. The number of methoxy groups -OCH3 is 1. The van der Waals surface area contributed by atoms with Crippen LogP contribution in [-0.4, -0.2) is 13.1 Å². The molecule has 0 atom stereocenters. The minimum absolute atomic E-state index is 0.170. The van der Waals surface area contributed by atoms with Gasteiger partial charge in [0.25, 0.3) is 0 Å². The molecule has 0 fully saturated rings. The molecule has 0 aromatic heterocycles. The first-order valence-corrected chi connectivity index (χ1v) is 2.62. The number of ether oxygens (including phenoxy) is 1. The van der Waals surface area contributed by atoms with Gasteiger partial charge in [0.15, 0.2) is 0 Å². The van der Waals surface area contributed by atoms with E-state index in [1.54, 1.807) is 0 Å². The Balaban J connectivity index is 2.47. The molecule has 0 heterocycles. The first kappa shape index (κ1) is 5.35. The van der Waals surface area contributed by atoms with Crippen LogP contribution in [0.3, 0.4) is 0 Å². The summed E-state index contributed by atoms with van der Waals surface area (Å²) in [7, 11) is 1.40. The highest BCUT2D eigenvalue weighted by atomic mass is 16.5. The van der Waals surface area contributed by atoms with Crippen molar-refractivity contribution in [2.45, 2.75) is 12.8 Å². The molecule has 1 aliphatic rings. The number of hydrogen-bond acceptors (Lipinski definition) is 2. The maximum Gasteiger partial charge on any atom is 0.333 e. The van der Waals surface area contributed by atoms with Crippen LogP contribution in [0.2, 0.25) is 0 Å². The van der Waals surface area contributed by atoms with Gasteiger partial charge in [-0.05, 0) is 12.8 Å². The maximum atomic E-state index is 10.5. The van der Waals surface area contributed by atoms with Gasteiger partial charge >= 0.3 is 5.97 Å². The van der Waals surface area contributed by atoms with Crippen molar-refractivity contribution in [2.75, 3.05) is 7.11 Å². The van der Waals surface area contributed by atoms with Crippen LogP contribution in [0.15, 0.2) is 11.6 Å². The fraction of sp³-hybridized carbons (Fsp3) is 0.500. The zero-order chi connectivity index (χ0) is 5.98. The van der Waals surface area contributed by atoms with Crippen LogP contribution in [0.4, 0.5) is 0 Å². The van der Waals surface area contributed by atoms with Crippen LogP contribution in [0.25, 0.3) is 0 Å². The van der Waals surface area contributed by atoms with E-state index >= 15 is 0 Å². The predicted molar refractivity (Wildman–Crippen MR) is 29.3 cm³/mol. The second kappa shape index (κ2) is 1.99. The van der Waals surface area contributed by atoms with Crippen molar-refractivity contribution in [3.8, 4) is 0 Å². The Bertz CT molecular complexity index is 135. The third kappa shape index (κ3) is 0.735. The van der Waals surface area contributed by atoms with Gasteiger partial charge in [0.1, 0.15) is 0 Å². The number of hydrogen-bond donors (Lipinski definition) is 0. The quantitative estimate of drug-likeness (QED) is 0.471. The summed E-state index contributed by atoms with van der Waals surface area (Å²) in [5.74, 6) is -0.170. The molecule has 44 valence electrons. The highest BCUT2D eigenvalue weighted by Crippen LogP contribution is 2.18. The van der Waals surface area contributed by atoms with E-state index in [9.17, 15) is 4.79 Å². The van der Waals surface area contributed by atoms with E-state index in [1.807, 2.05) is 6.08 Å². The van der Waals surface area contributed by atoms with E-state index in [2.05, 4.69) is 4.74 Å². The average Bonchev–Trinajstić information content (AvgIpc) is 1.62. The van der Waals surface area contributed by atoms with Crippen LogP contribution in [0, 0.1) is 0 Å². The van der Waals surface area contributed by atoms with E-state index in [0.29, 0.717) is 0 Å². The van der Waals surface area contributed by atoms with Crippen LogP contribution < -0.4 is 0 Å². The molecule has 0 aliphatic heterocycles. The zero-order valence-corrected chi connectivity index (χ0v) is 4.81. The monoisotopic (exact) mass is 112 g/mol. The lowest BCUT2D eigenvalue weighted by atomic mass is 10.00. The first-order valence-electron chi connectivity index (χ1n) is 2.62. The van der Waals surface area contributed by atoms with Gasteiger partial charge in [0, 0.05) is 5.57 Å². The van der Waals surface area contributed by atoms with Crippen molar-refractivity contribution in [3.63, 3.8) is 0 Å². The van der Waals surface area contributed by atoms with Crippen molar-refractivity contribution in [1.82, 2.24) is 0 Å². The molecule has 0 unspecified atom stereocenters. The predicted octanol–water partition coefficient (Wildman–Crippen LogP) is 0.880. The fourth-order valence-electron chi connectivity index (χ4n) is 0.605. The molecule has 0 radical (unpaired) electrons. The van der Waals surface area contributed by atoms with E-state index in [1.165, 1.54) is 7.11 Å². The van der Waals surface area contributed by atoms with E-state index in [0.717, 1.165) is 18.4 Å². The second-order valence-corrected chi connectivity index (χ2v) is 1.76. The Hall–Kier alpha value is -0.790. The van der Waals surface area contributed by atoms with Crippen molar-refractivity contribution >= 4 is 5.97 Å². The average molecular weight is 112 g/mol. The summed E-state index contributed by atoms with van der Waals surface area (Å²) in [5.41, 5.74) is 0.826. The molecule has 0 spiro atoms. The van der Waals surface area contributed by atoms with Gasteiger partial charge in [-0.2, -0.15) is 0 Å². The molecule has 0 saturated heterocycles. The van der Waals surface area contributed by atoms with Crippen molar-refractivity contribution in [3.05, 3.63) is 11.6 Å². The van der Waals surface area contributed by atoms with Gasteiger partial charge in [-0.3, -0.25) is 0 Å². The molecule has 2 heteroatoms. The molecule has 1 aliphatic carbocycles. The lowest BCUT2D eigenvalue weighted by molar-refractivity contribution is -0.136. The van der Waals surface area contributed by atoms with Crippen LogP contribution >= 0.6 is 0 Å². The molecular weight excluding hydrogens is 104 g/mol. The van der Waals surface area contributed by atoms with Gasteiger partial charge in [0.05, 0.1) is 7.11 Å². The molecular formula is C6H8O2. The van der Waals surface area contributed by atoms with Gasteiger partial charge in [-0.25, -0.2) is 4.79 Å². The minimum atomic E-state index is -0.170. The van der Waals surface area contributed by atoms with Gasteiger partial charge < -0.3 is 4.74 Å². The molecule has 0 aromatic carbocycles. The van der Waals surface area contributed by atoms with Crippen molar-refractivity contribution in [2.24, 2.45) is 0 Å². The largest absolute Gasteiger partial charge is 0.466 e. The summed E-state index contributed by atoms with van der Waals surface area (Å²) < 4.78 is 4.45. The summed E-state index contributed by atoms with van der Waals surface area (Å²) in [6, 6.07) is 0. The Morgan fingerprint density at radius 1 is 1.88 bits per heavy atom. The van der Waals surface area contributed by atoms with E-state index < -0.39 is 0 Å². The number of carbonyl (C=O) groups excluding carboxylic acids is 1. The summed E-state index contributed by atoms with van der Waals surface area (Å²) in [5, 5.41) is 0. The van der Waals surface area contributed by atoms with Gasteiger partial charge in [-0.15, -0.1) is 0 Å². The summed E-state index contributed by atoms with van der Waals surface area (Å²) >= 11 is 0. The molecule has 0 saturated carbocycles. The third-order valence-electron chi connectivity index (χ3n) is 1.25. The first-order chi connectivity index (χ1) is 3.84. The van der Waals surface area contributed by atoms with Crippen LogP contribution in [0.5, 0.6) is 0 Å². The number of allylic oxidation sites excluding steroid dienone is 1. The summed E-state index contributed by atoms with van der Waals surface area (Å²) in [6.07, 6.45) is 3.82. The number of rotatable bonds is 1. The number of carbonyl (C=O) groups is 1. The molecule has 1 rings (SSSR count). The van der Waals surface area contributed by atoms with E-state index in [-0.39, 0.29) is 5.97 Å². The Kier molecular flexibility index (Phi) is 1.33. The second-order valence-electron chi connectivity index (χ2n) is 1.76. The van der Waals surface area contributed by atoms with Crippen molar-refractivity contribution in [1.29, 1.82) is 0 Å². The molecule has 0 amide bonds. The summed E-state index contributed by atoms with van der Waals surface area (Å²) in [4.78, 5) is 10.5. The van der Waals surface area contributed by atoms with Gasteiger partial charge in [-0.1, -0.05) is 6.08 Å². The Morgan fingerprint density at radius 3 is 2.62 bits per heavy atom. The smallest absolute Gasteiger partial charge is 0.333 e. The summed E-state index contributed by atoms with van der Waals surface area (Å²) in [6.45, 7) is 0. The van der Waals surface area contributed by atoms with Crippen molar-refractivity contribution < 1.29 is 9.53 Å². The lowest BCUT2D eigenvalue weighted by Crippen LogP contribution is -2.09. The lowest BCUT2D eigenvalue weighted by Gasteiger charge is -2.09. The topological polar surface area (TPSA) is 26.3 Å². The molecule has 0 bridgehead atoms. The highest BCUT2D eigenvalue weighted by molar-refractivity contribution is 5.89. The third-order valence-corrected chi connectivity index (χ3v) is 1.25. The Labute approximate surface area is 48.1 Å². The molecule has 0 aromatic rings. The van der Waals surface area contributed by atoms with E-state index in [4.69, 9.17) is 0 Å². The van der Waals surface area contributed by atoms with Gasteiger partial charge in [0.2, 0.25) is 0 Å². The molecule has 0 N–H and O–H groups in total. The highest BCUT2D eigenvalue weighted by Gasteiger charge is 2.13. The minimum Gasteiger partial charge on any atom is -0.466 e. The normalized spacial score (nSPS) is 16.4. The number of esters is 1. The maximum absolute atomic E-state index is 10.5. The zero-order valence-electron chi connectivity index (χ0n) is 4.81. The molecule has 2 nitrogen and oxygen atoms in total. The van der Waals surface area contributed by atoms with Crippen LogP contribution in [-0.2, 0) is 9.53 Å². The van der Waals surface area contributed by atoms with Crippen LogP contribution in [0.1, 0.15) is 12.8 Å². The SMILES string of the molecule is COC(=O)C1=CCC1. The standard InChI is InChI=1S/C6H8O2/c1-8-6(7)5-3-2-4-5/h3H,2,4H2,1H3. The molecule has 8 heavy (non-hydrogen) atoms. The Morgan fingerprint density at radius 2 is 2.50 bits per heavy atom.